The van der Waals surface area contributed by atoms with Gasteiger partial charge in [0, 0.05) is 6.42 Å². The Hall–Kier alpha value is -0.570. The number of esters is 1. The Bertz CT molecular complexity index is 110. The molecular formula is C5H8O3. The molecule has 3 nitrogen and oxygen atoms in total. The smallest absolute Gasteiger partial charge is 0.335 e. The highest BCUT2D eigenvalue weighted by Crippen LogP contribution is 2.12. The summed E-state index contributed by atoms with van der Waals surface area (Å²) in [5, 5.41) is 8.69. The van der Waals surface area contributed by atoms with Crippen molar-refractivity contribution in [3.8, 4) is 0 Å². The minimum atomic E-state index is -0.870. The van der Waals surface area contributed by atoms with E-state index in [2.05, 4.69) is 4.74 Å². The number of cyclic esters (lactones) is 1. The number of carbonyl (C=O) groups excluding carboxylic acids is 1. The molecule has 0 aromatic heterocycles. The number of hydrogen-bond acceptors (Lipinski definition) is 3. The normalized spacial score (nSPS) is 37.5. The molecule has 46 valence electrons. The molecule has 1 saturated heterocycles. The fraction of sp³-hybridized carbons (Fsp3) is 0.800. The second-order valence-corrected chi connectivity index (χ2v) is 2.00. The maximum Gasteiger partial charge on any atom is 0.335 e. The van der Waals surface area contributed by atoms with Gasteiger partial charge in [-0.05, 0) is 6.92 Å². The lowest BCUT2D eigenvalue weighted by molar-refractivity contribution is -0.146. The molecule has 0 saturated carbocycles. The molecule has 1 N–H and O–H groups in total. The van der Waals surface area contributed by atoms with E-state index in [0.29, 0.717) is 6.42 Å². The summed E-state index contributed by atoms with van der Waals surface area (Å²) in [5.41, 5.74) is 0. The average Bonchev–Trinajstić information content (AvgIpc) is 1.85. The van der Waals surface area contributed by atoms with Crippen molar-refractivity contribution in [3.63, 3.8) is 0 Å². The van der Waals surface area contributed by atoms with Crippen molar-refractivity contribution in [2.75, 3.05) is 0 Å². The summed E-state index contributed by atoms with van der Waals surface area (Å²) in [6, 6.07) is 0. The lowest BCUT2D eigenvalue weighted by Crippen LogP contribution is -2.11. The summed E-state index contributed by atoms with van der Waals surface area (Å²) in [4.78, 5) is 10.3. The molecule has 1 heterocycles. The van der Waals surface area contributed by atoms with Gasteiger partial charge in [-0.2, -0.15) is 0 Å². The minimum absolute atomic E-state index is 0.0995. The van der Waals surface area contributed by atoms with Crippen LogP contribution in [0.5, 0.6) is 0 Å². The molecule has 2 atom stereocenters. The van der Waals surface area contributed by atoms with E-state index in [-0.39, 0.29) is 6.10 Å². The Kier molecular flexibility index (Phi) is 1.21. The first-order valence-corrected chi connectivity index (χ1v) is 2.58. The molecule has 0 bridgehead atoms. The fourth-order valence-corrected chi connectivity index (χ4v) is 0.736. The van der Waals surface area contributed by atoms with Crippen molar-refractivity contribution in [2.24, 2.45) is 0 Å². The van der Waals surface area contributed by atoms with Gasteiger partial charge < -0.3 is 9.84 Å². The summed E-state index contributed by atoms with van der Waals surface area (Å²) in [6.07, 6.45) is -0.527. The van der Waals surface area contributed by atoms with E-state index in [1.54, 1.807) is 6.92 Å². The van der Waals surface area contributed by atoms with E-state index in [0.717, 1.165) is 0 Å². The number of aliphatic hydroxyl groups excluding tert-OH is 1. The highest BCUT2D eigenvalue weighted by atomic mass is 16.6. The topological polar surface area (TPSA) is 46.5 Å². The van der Waals surface area contributed by atoms with Crippen LogP contribution in [-0.4, -0.2) is 23.3 Å². The second kappa shape index (κ2) is 1.74. The van der Waals surface area contributed by atoms with Crippen molar-refractivity contribution >= 4 is 5.97 Å². The summed E-state index contributed by atoms with van der Waals surface area (Å²) in [7, 11) is 0. The molecule has 0 unspecified atom stereocenters. The van der Waals surface area contributed by atoms with Crippen molar-refractivity contribution in [2.45, 2.75) is 25.6 Å². The molecule has 0 aromatic rings. The van der Waals surface area contributed by atoms with Crippen LogP contribution in [0.25, 0.3) is 0 Å². The van der Waals surface area contributed by atoms with E-state index < -0.39 is 12.1 Å². The zero-order valence-corrected chi connectivity index (χ0v) is 4.63. The Morgan fingerprint density at radius 3 is 2.62 bits per heavy atom. The monoisotopic (exact) mass is 116 g/mol. The van der Waals surface area contributed by atoms with Gasteiger partial charge in [-0.3, -0.25) is 0 Å². The van der Waals surface area contributed by atoms with Crippen molar-refractivity contribution in [3.05, 3.63) is 0 Å². The van der Waals surface area contributed by atoms with Crippen LogP contribution >= 0.6 is 0 Å². The van der Waals surface area contributed by atoms with Crippen molar-refractivity contribution < 1.29 is 14.6 Å². The third kappa shape index (κ3) is 0.816. The van der Waals surface area contributed by atoms with Gasteiger partial charge in [0.25, 0.3) is 0 Å². The average molecular weight is 116 g/mol. The van der Waals surface area contributed by atoms with Crippen LogP contribution in [0.1, 0.15) is 13.3 Å². The first-order valence-electron chi connectivity index (χ1n) is 2.58. The van der Waals surface area contributed by atoms with Crippen molar-refractivity contribution in [1.82, 2.24) is 0 Å². The molecule has 3 heteroatoms. The lowest BCUT2D eigenvalue weighted by atomic mass is 10.2. The van der Waals surface area contributed by atoms with Crippen LogP contribution in [0.3, 0.4) is 0 Å². The molecular weight excluding hydrogens is 108 g/mol. The first-order chi connectivity index (χ1) is 3.70. The van der Waals surface area contributed by atoms with Gasteiger partial charge in [0.2, 0.25) is 0 Å². The molecule has 1 aliphatic rings. The first kappa shape index (κ1) is 5.56. The van der Waals surface area contributed by atoms with Crippen LogP contribution in [0, 0.1) is 0 Å². The zero-order chi connectivity index (χ0) is 6.15. The number of carbonyl (C=O) groups is 1. The summed E-state index contributed by atoms with van der Waals surface area (Å²) in [5.74, 6) is -0.488. The largest absolute Gasteiger partial charge is 0.461 e. The summed E-state index contributed by atoms with van der Waals surface area (Å²) in [6.45, 7) is 1.76. The SMILES string of the molecule is C[C@H]1C[C@H](O)C(=O)O1. The highest BCUT2D eigenvalue weighted by molar-refractivity contribution is 5.76. The van der Waals surface area contributed by atoms with E-state index >= 15 is 0 Å². The zero-order valence-electron chi connectivity index (χ0n) is 4.63. The van der Waals surface area contributed by atoms with Gasteiger partial charge in [-0.1, -0.05) is 0 Å². The Balaban J connectivity index is 2.51. The van der Waals surface area contributed by atoms with Crippen LogP contribution < -0.4 is 0 Å². The Morgan fingerprint density at radius 1 is 1.88 bits per heavy atom. The van der Waals surface area contributed by atoms with Gasteiger partial charge in [0.1, 0.15) is 6.10 Å². The minimum Gasteiger partial charge on any atom is -0.461 e. The molecule has 0 aliphatic carbocycles. The second-order valence-electron chi connectivity index (χ2n) is 2.00. The summed E-state index contributed by atoms with van der Waals surface area (Å²) < 4.78 is 4.58. The quantitative estimate of drug-likeness (QED) is 0.441. The summed E-state index contributed by atoms with van der Waals surface area (Å²) >= 11 is 0. The molecule has 0 radical (unpaired) electrons. The van der Waals surface area contributed by atoms with E-state index in [9.17, 15) is 4.79 Å². The number of rotatable bonds is 0. The molecule has 1 fully saturated rings. The third-order valence-corrected chi connectivity index (χ3v) is 1.14. The van der Waals surface area contributed by atoms with E-state index in [1.165, 1.54) is 0 Å². The molecule has 1 rings (SSSR count). The van der Waals surface area contributed by atoms with Gasteiger partial charge in [-0.15, -0.1) is 0 Å². The van der Waals surface area contributed by atoms with E-state index in [4.69, 9.17) is 5.11 Å². The number of hydrogen-bond donors (Lipinski definition) is 1. The molecule has 1 aliphatic heterocycles. The predicted octanol–water partition coefficient (Wildman–Crippen LogP) is -0.317. The van der Waals surface area contributed by atoms with Crippen LogP contribution in [0.2, 0.25) is 0 Å². The van der Waals surface area contributed by atoms with Gasteiger partial charge in [0.05, 0.1) is 0 Å². The van der Waals surface area contributed by atoms with E-state index in [1.807, 2.05) is 0 Å². The standard InChI is InChI=1S/C5H8O3/c1-3-2-4(6)5(7)8-3/h3-4,6H,2H2,1H3/t3-,4-/m0/s1. The maximum absolute atomic E-state index is 10.3. The number of aliphatic hydroxyl groups is 1. The highest BCUT2D eigenvalue weighted by Gasteiger charge is 2.29. The third-order valence-electron chi connectivity index (χ3n) is 1.14. The van der Waals surface area contributed by atoms with Crippen molar-refractivity contribution in [1.29, 1.82) is 0 Å². The Labute approximate surface area is 47.3 Å². The fourth-order valence-electron chi connectivity index (χ4n) is 0.736. The predicted molar refractivity (Wildman–Crippen MR) is 26.2 cm³/mol. The number of ether oxygens (including phenoxy) is 1. The Morgan fingerprint density at radius 2 is 2.50 bits per heavy atom. The molecule has 8 heavy (non-hydrogen) atoms. The molecule has 0 amide bonds. The molecule has 0 spiro atoms. The van der Waals surface area contributed by atoms with Crippen LogP contribution in [-0.2, 0) is 9.53 Å². The lowest BCUT2D eigenvalue weighted by Gasteiger charge is -1.94. The van der Waals surface area contributed by atoms with Gasteiger partial charge in [0.15, 0.2) is 6.10 Å². The molecule has 0 aromatic carbocycles. The van der Waals surface area contributed by atoms with Gasteiger partial charge in [-0.25, -0.2) is 4.79 Å². The van der Waals surface area contributed by atoms with Crippen LogP contribution in [0.4, 0.5) is 0 Å². The van der Waals surface area contributed by atoms with Crippen LogP contribution in [0.15, 0.2) is 0 Å². The van der Waals surface area contributed by atoms with Gasteiger partial charge >= 0.3 is 5.97 Å². The maximum atomic E-state index is 10.3.